The number of hydrogen-bond donors (Lipinski definition) is 2. The third-order valence-electron chi connectivity index (χ3n) is 2.44. The maximum Gasteiger partial charge on any atom is 0.242 e. The zero-order valence-corrected chi connectivity index (χ0v) is 11.1. The van der Waals surface area contributed by atoms with Gasteiger partial charge in [-0.25, -0.2) is 4.98 Å². The lowest BCUT2D eigenvalue weighted by molar-refractivity contribution is -0.122. The van der Waals surface area contributed by atoms with Crippen LogP contribution in [0.3, 0.4) is 0 Å². The Morgan fingerprint density at radius 2 is 2.39 bits per heavy atom. The van der Waals surface area contributed by atoms with Gasteiger partial charge in [-0.3, -0.25) is 9.48 Å². The average Bonchev–Trinajstić information content (AvgIpc) is 2.89. The van der Waals surface area contributed by atoms with Gasteiger partial charge in [0.05, 0.1) is 30.0 Å². The molecule has 0 aliphatic heterocycles. The Hall–Kier alpha value is -1.82. The van der Waals surface area contributed by atoms with Crippen LogP contribution in [0, 0.1) is 6.92 Å². The summed E-state index contributed by atoms with van der Waals surface area (Å²) in [4.78, 5) is 18.6. The summed E-state index contributed by atoms with van der Waals surface area (Å²) in [5.74, 6) is -0.0739. The van der Waals surface area contributed by atoms with Crippen molar-refractivity contribution in [1.82, 2.24) is 25.1 Å². The first-order valence-corrected chi connectivity index (χ1v) is 5.43. The quantitative estimate of drug-likeness (QED) is 0.876. The van der Waals surface area contributed by atoms with E-state index in [-0.39, 0.29) is 30.9 Å². The van der Waals surface area contributed by atoms with Gasteiger partial charge in [-0.05, 0) is 19.9 Å². The summed E-state index contributed by atoms with van der Waals surface area (Å²) in [6.45, 7) is 4.02. The van der Waals surface area contributed by atoms with Crippen LogP contribution in [-0.2, 0) is 11.3 Å². The van der Waals surface area contributed by atoms with Gasteiger partial charge in [0.1, 0.15) is 6.54 Å². The molecule has 0 aromatic carbocycles. The number of halogens is 1. The van der Waals surface area contributed by atoms with Gasteiger partial charge >= 0.3 is 0 Å². The van der Waals surface area contributed by atoms with Crippen molar-refractivity contribution in [3.8, 4) is 0 Å². The number of carbonyl (C=O) groups excluding carboxylic acids is 1. The van der Waals surface area contributed by atoms with E-state index in [1.54, 1.807) is 23.4 Å². The van der Waals surface area contributed by atoms with Crippen molar-refractivity contribution in [2.75, 3.05) is 0 Å². The predicted molar refractivity (Wildman–Crippen MR) is 69.4 cm³/mol. The van der Waals surface area contributed by atoms with Crippen molar-refractivity contribution in [2.45, 2.75) is 26.4 Å². The van der Waals surface area contributed by atoms with E-state index < -0.39 is 0 Å². The van der Waals surface area contributed by atoms with Crippen molar-refractivity contribution in [3.63, 3.8) is 0 Å². The lowest BCUT2D eigenvalue weighted by atomic mass is 10.2. The van der Waals surface area contributed by atoms with Gasteiger partial charge in [-0.1, -0.05) is 0 Å². The molecule has 2 aromatic heterocycles. The maximum absolute atomic E-state index is 11.7. The van der Waals surface area contributed by atoms with E-state index in [1.807, 2.05) is 19.9 Å². The molecule has 2 rings (SSSR count). The molecule has 2 aromatic rings. The van der Waals surface area contributed by atoms with Crippen molar-refractivity contribution in [2.24, 2.45) is 0 Å². The lowest BCUT2D eigenvalue weighted by Gasteiger charge is -2.11. The SMILES string of the molecule is Cc1ccn(CC(=O)NC(C)c2cnc[nH]2)n1.Cl. The van der Waals surface area contributed by atoms with Crippen molar-refractivity contribution in [1.29, 1.82) is 0 Å². The number of nitrogens with zero attached hydrogens (tertiary/aromatic N) is 3. The van der Waals surface area contributed by atoms with Crippen LogP contribution in [0.4, 0.5) is 0 Å². The number of nitrogens with one attached hydrogen (secondary N) is 2. The molecule has 0 saturated carbocycles. The smallest absolute Gasteiger partial charge is 0.242 e. The normalized spacial score (nSPS) is 11.7. The largest absolute Gasteiger partial charge is 0.347 e. The third-order valence-corrected chi connectivity index (χ3v) is 2.44. The molecule has 98 valence electrons. The molecule has 1 amide bonds. The number of aromatic nitrogens is 4. The van der Waals surface area contributed by atoms with E-state index in [1.165, 1.54) is 0 Å². The van der Waals surface area contributed by atoms with Crippen LogP contribution in [0.1, 0.15) is 24.4 Å². The Morgan fingerprint density at radius 3 is 2.94 bits per heavy atom. The maximum atomic E-state index is 11.7. The highest BCUT2D eigenvalue weighted by atomic mass is 35.5. The van der Waals surface area contributed by atoms with Crippen LogP contribution in [0.2, 0.25) is 0 Å². The molecule has 0 aliphatic carbocycles. The Balaban J connectivity index is 0.00000162. The minimum Gasteiger partial charge on any atom is -0.347 e. The molecule has 0 bridgehead atoms. The Morgan fingerprint density at radius 1 is 1.61 bits per heavy atom. The molecule has 0 aliphatic rings. The fourth-order valence-electron chi connectivity index (χ4n) is 1.57. The van der Waals surface area contributed by atoms with Crippen LogP contribution in [0.25, 0.3) is 0 Å². The number of imidazole rings is 1. The van der Waals surface area contributed by atoms with Crippen LogP contribution in [0.5, 0.6) is 0 Å². The summed E-state index contributed by atoms with van der Waals surface area (Å²) < 4.78 is 1.62. The molecule has 1 atom stereocenters. The Labute approximate surface area is 111 Å². The third kappa shape index (κ3) is 3.59. The highest BCUT2D eigenvalue weighted by Crippen LogP contribution is 2.06. The van der Waals surface area contributed by atoms with Gasteiger partial charge in [-0.15, -0.1) is 12.4 Å². The van der Waals surface area contributed by atoms with Crippen LogP contribution in [0.15, 0.2) is 24.8 Å². The van der Waals surface area contributed by atoms with Crippen molar-refractivity contribution >= 4 is 18.3 Å². The highest BCUT2D eigenvalue weighted by molar-refractivity contribution is 5.85. The molecular formula is C11H16ClN5O. The summed E-state index contributed by atoms with van der Waals surface area (Å²) in [5, 5.41) is 7.03. The van der Waals surface area contributed by atoms with Gasteiger partial charge in [0.2, 0.25) is 5.91 Å². The summed E-state index contributed by atoms with van der Waals surface area (Å²) in [6.07, 6.45) is 5.08. The van der Waals surface area contributed by atoms with Crippen LogP contribution in [-0.4, -0.2) is 25.7 Å². The van der Waals surface area contributed by atoms with Crippen LogP contribution >= 0.6 is 12.4 Å². The van der Waals surface area contributed by atoms with E-state index >= 15 is 0 Å². The molecule has 18 heavy (non-hydrogen) atoms. The van der Waals surface area contributed by atoms with E-state index in [4.69, 9.17) is 0 Å². The first-order valence-electron chi connectivity index (χ1n) is 5.43. The topological polar surface area (TPSA) is 75.6 Å². The number of aryl methyl sites for hydroxylation is 1. The molecule has 0 saturated heterocycles. The molecule has 2 N–H and O–H groups in total. The fourth-order valence-corrected chi connectivity index (χ4v) is 1.57. The number of H-pyrrole nitrogens is 1. The highest BCUT2D eigenvalue weighted by Gasteiger charge is 2.11. The molecule has 0 fully saturated rings. The average molecular weight is 270 g/mol. The molecule has 1 unspecified atom stereocenters. The van der Waals surface area contributed by atoms with E-state index in [0.717, 1.165) is 11.4 Å². The van der Waals surface area contributed by atoms with Crippen molar-refractivity contribution < 1.29 is 4.79 Å². The second-order valence-electron chi connectivity index (χ2n) is 3.95. The predicted octanol–water partition coefficient (Wildman–Crippen LogP) is 1.21. The number of hydrogen-bond acceptors (Lipinski definition) is 3. The standard InChI is InChI=1S/C11H15N5O.ClH/c1-8-3-4-16(15-8)6-11(17)14-9(2)10-5-12-7-13-10;/h3-5,7,9H,6H2,1-2H3,(H,12,13)(H,14,17);1H. The van der Waals surface area contributed by atoms with Gasteiger partial charge in [0.25, 0.3) is 0 Å². The molecule has 2 heterocycles. The first kappa shape index (κ1) is 14.2. The number of rotatable bonds is 4. The Bertz CT molecular complexity index is 493. The van der Waals surface area contributed by atoms with Gasteiger partial charge in [0, 0.05) is 6.20 Å². The number of amides is 1. The van der Waals surface area contributed by atoms with E-state index in [0.29, 0.717) is 0 Å². The van der Waals surface area contributed by atoms with Gasteiger partial charge in [-0.2, -0.15) is 5.10 Å². The minimum absolute atomic E-state index is 0. The lowest BCUT2D eigenvalue weighted by Crippen LogP contribution is -2.30. The minimum atomic E-state index is -0.0818. The zero-order chi connectivity index (χ0) is 12.3. The van der Waals surface area contributed by atoms with Gasteiger partial charge in [0.15, 0.2) is 0 Å². The summed E-state index contributed by atoms with van der Waals surface area (Å²) in [7, 11) is 0. The first-order chi connectivity index (χ1) is 8.15. The molecular weight excluding hydrogens is 254 g/mol. The monoisotopic (exact) mass is 269 g/mol. The second kappa shape index (κ2) is 6.20. The second-order valence-corrected chi connectivity index (χ2v) is 3.95. The van der Waals surface area contributed by atoms with E-state index in [2.05, 4.69) is 20.4 Å². The molecule has 6 nitrogen and oxygen atoms in total. The number of carbonyl (C=O) groups is 1. The van der Waals surface area contributed by atoms with Gasteiger partial charge < -0.3 is 10.3 Å². The Kier molecular flexibility index (Phi) is 4.91. The number of aromatic amines is 1. The summed E-state index contributed by atoms with van der Waals surface area (Å²) >= 11 is 0. The van der Waals surface area contributed by atoms with Crippen molar-refractivity contribution in [3.05, 3.63) is 36.2 Å². The van der Waals surface area contributed by atoms with E-state index in [9.17, 15) is 4.79 Å². The fraction of sp³-hybridized carbons (Fsp3) is 0.364. The molecule has 0 radical (unpaired) electrons. The molecule has 0 spiro atoms. The summed E-state index contributed by atoms with van der Waals surface area (Å²) in [5.41, 5.74) is 1.79. The zero-order valence-electron chi connectivity index (χ0n) is 10.3. The van der Waals surface area contributed by atoms with Crippen LogP contribution < -0.4 is 5.32 Å². The summed E-state index contributed by atoms with van der Waals surface area (Å²) in [6, 6.07) is 1.78. The molecule has 7 heteroatoms.